The maximum Gasteiger partial charge on any atom is 0.103 e. The van der Waals surface area contributed by atoms with Gasteiger partial charge >= 0.3 is 0 Å². The minimum atomic E-state index is 0.00690. The molecule has 0 saturated heterocycles. The highest BCUT2D eigenvalue weighted by Gasteiger charge is 2.19. The van der Waals surface area contributed by atoms with Crippen molar-refractivity contribution in [1.29, 1.82) is 5.26 Å². The van der Waals surface area contributed by atoms with Gasteiger partial charge in [0.1, 0.15) is 6.07 Å². The fourth-order valence-electron chi connectivity index (χ4n) is 1.13. The van der Waals surface area contributed by atoms with E-state index in [9.17, 15) is 0 Å². The van der Waals surface area contributed by atoms with Crippen molar-refractivity contribution in [3.63, 3.8) is 0 Å². The predicted octanol–water partition coefficient (Wildman–Crippen LogP) is 2.19. The fourth-order valence-corrected chi connectivity index (χ4v) is 1.13. The summed E-state index contributed by atoms with van der Waals surface area (Å²) in [6.07, 6.45) is 3.30. The van der Waals surface area contributed by atoms with Gasteiger partial charge in [-0.3, -0.25) is 4.98 Å². The number of pyridine rings is 1. The number of anilines is 1. The van der Waals surface area contributed by atoms with Gasteiger partial charge in [-0.15, -0.1) is 0 Å². The van der Waals surface area contributed by atoms with E-state index in [1.807, 2.05) is 13.1 Å². The van der Waals surface area contributed by atoms with Gasteiger partial charge in [0, 0.05) is 25.0 Å². The van der Waals surface area contributed by atoms with Crippen molar-refractivity contribution >= 4 is 5.69 Å². The standard InChI is InChI=1S/C11H15N3/c1-11(2,3)14(4)10-5-6-13-8-9(10)7-12/h5-6,8H,1-4H3. The minimum absolute atomic E-state index is 0.00690. The number of nitrogens with zero attached hydrogens (tertiary/aromatic N) is 3. The van der Waals surface area contributed by atoms with Crippen LogP contribution in [0.5, 0.6) is 0 Å². The van der Waals surface area contributed by atoms with Crippen molar-refractivity contribution in [1.82, 2.24) is 4.98 Å². The van der Waals surface area contributed by atoms with Crippen LogP contribution in [0.2, 0.25) is 0 Å². The van der Waals surface area contributed by atoms with E-state index >= 15 is 0 Å². The van der Waals surface area contributed by atoms with E-state index in [4.69, 9.17) is 5.26 Å². The molecule has 0 atom stereocenters. The van der Waals surface area contributed by atoms with Gasteiger partial charge in [-0.05, 0) is 26.8 Å². The topological polar surface area (TPSA) is 39.9 Å². The fraction of sp³-hybridized carbons (Fsp3) is 0.455. The summed E-state index contributed by atoms with van der Waals surface area (Å²) >= 11 is 0. The first-order chi connectivity index (χ1) is 6.46. The molecule has 0 unspecified atom stereocenters. The van der Waals surface area contributed by atoms with Crippen molar-refractivity contribution in [3.05, 3.63) is 24.0 Å². The zero-order valence-electron chi connectivity index (χ0n) is 9.07. The van der Waals surface area contributed by atoms with E-state index in [0.29, 0.717) is 5.56 Å². The van der Waals surface area contributed by atoms with Crippen molar-refractivity contribution in [2.75, 3.05) is 11.9 Å². The van der Waals surface area contributed by atoms with Crippen LogP contribution < -0.4 is 4.90 Å². The first kappa shape index (κ1) is 10.5. The Hall–Kier alpha value is -1.56. The summed E-state index contributed by atoms with van der Waals surface area (Å²) in [5, 5.41) is 8.92. The quantitative estimate of drug-likeness (QED) is 0.679. The lowest BCUT2D eigenvalue weighted by molar-refractivity contribution is 0.538. The van der Waals surface area contributed by atoms with Gasteiger partial charge in [0.15, 0.2) is 0 Å². The van der Waals surface area contributed by atoms with Gasteiger partial charge in [0.25, 0.3) is 0 Å². The average molecular weight is 189 g/mol. The van der Waals surface area contributed by atoms with E-state index in [0.717, 1.165) is 5.69 Å². The van der Waals surface area contributed by atoms with Crippen LogP contribution in [-0.2, 0) is 0 Å². The van der Waals surface area contributed by atoms with E-state index in [1.165, 1.54) is 0 Å². The number of hydrogen-bond donors (Lipinski definition) is 0. The molecule has 0 aliphatic carbocycles. The van der Waals surface area contributed by atoms with E-state index in [2.05, 4.69) is 36.7 Å². The molecule has 0 aliphatic heterocycles. The molecule has 1 heterocycles. The zero-order chi connectivity index (χ0) is 10.8. The summed E-state index contributed by atoms with van der Waals surface area (Å²) in [4.78, 5) is 6.01. The van der Waals surface area contributed by atoms with Crippen molar-refractivity contribution < 1.29 is 0 Å². The van der Waals surface area contributed by atoms with Gasteiger partial charge in [0.05, 0.1) is 11.3 Å². The molecule has 0 N–H and O–H groups in total. The number of rotatable bonds is 1. The highest BCUT2D eigenvalue weighted by molar-refractivity contribution is 5.58. The first-order valence-corrected chi connectivity index (χ1v) is 4.55. The summed E-state index contributed by atoms with van der Waals surface area (Å²) in [7, 11) is 1.98. The third kappa shape index (κ3) is 2.02. The Morgan fingerprint density at radius 2 is 2.07 bits per heavy atom. The van der Waals surface area contributed by atoms with Crippen molar-refractivity contribution in [2.45, 2.75) is 26.3 Å². The molecule has 1 rings (SSSR count). The molecule has 74 valence electrons. The van der Waals surface area contributed by atoms with Gasteiger partial charge < -0.3 is 4.90 Å². The lowest BCUT2D eigenvalue weighted by Crippen LogP contribution is -2.38. The Morgan fingerprint density at radius 1 is 1.43 bits per heavy atom. The highest BCUT2D eigenvalue weighted by Crippen LogP contribution is 2.24. The summed E-state index contributed by atoms with van der Waals surface area (Å²) in [5.41, 5.74) is 1.55. The molecule has 0 amide bonds. The van der Waals surface area contributed by atoms with Crippen molar-refractivity contribution in [3.8, 4) is 6.07 Å². The van der Waals surface area contributed by atoms with Gasteiger partial charge in [-0.2, -0.15) is 5.26 Å². The molecule has 1 aromatic rings. The Bertz CT molecular complexity index is 358. The molecule has 0 bridgehead atoms. The first-order valence-electron chi connectivity index (χ1n) is 4.55. The van der Waals surface area contributed by atoms with E-state index in [-0.39, 0.29) is 5.54 Å². The number of aromatic nitrogens is 1. The van der Waals surface area contributed by atoms with Crippen LogP contribution in [0.4, 0.5) is 5.69 Å². The summed E-state index contributed by atoms with van der Waals surface area (Å²) in [5.74, 6) is 0. The molecule has 14 heavy (non-hydrogen) atoms. The van der Waals surface area contributed by atoms with Crippen LogP contribution in [0.15, 0.2) is 18.5 Å². The summed E-state index contributed by atoms with van der Waals surface area (Å²) in [6.45, 7) is 6.32. The van der Waals surface area contributed by atoms with Crippen LogP contribution in [0, 0.1) is 11.3 Å². The molecule has 0 aromatic carbocycles. The van der Waals surface area contributed by atoms with Gasteiger partial charge in [-0.1, -0.05) is 0 Å². The molecular formula is C11H15N3. The normalized spacial score (nSPS) is 10.8. The van der Waals surface area contributed by atoms with Gasteiger partial charge in [-0.25, -0.2) is 0 Å². The lowest BCUT2D eigenvalue weighted by Gasteiger charge is -2.34. The second-order valence-electron chi connectivity index (χ2n) is 4.23. The van der Waals surface area contributed by atoms with Crippen molar-refractivity contribution in [2.24, 2.45) is 0 Å². The Kier molecular flexibility index (Phi) is 2.76. The van der Waals surface area contributed by atoms with E-state index < -0.39 is 0 Å². The maximum absolute atomic E-state index is 8.92. The SMILES string of the molecule is CN(c1ccncc1C#N)C(C)(C)C. The third-order valence-electron chi connectivity index (χ3n) is 2.29. The minimum Gasteiger partial charge on any atom is -0.369 e. The molecule has 0 saturated carbocycles. The van der Waals surface area contributed by atoms with Crippen LogP contribution in [0.25, 0.3) is 0 Å². The molecular weight excluding hydrogens is 174 g/mol. The molecule has 0 aliphatic rings. The monoisotopic (exact) mass is 189 g/mol. The Balaban J connectivity index is 3.14. The molecule has 3 nitrogen and oxygen atoms in total. The molecule has 3 heteroatoms. The molecule has 1 aromatic heterocycles. The Labute approximate surface area is 85.0 Å². The molecule has 0 radical (unpaired) electrons. The van der Waals surface area contributed by atoms with E-state index in [1.54, 1.807) is 12.4 Å². The summed E-state index contributed by atoms with van der Waals surface area (Å²) in [6, 6.07) is 4.01. The Morgan fingerprint density at radius 3 is 2.57 bits per heavy atom. The van der Waals surface area contributed by atoms with Crippen LogP contribution >= 0.6 is 0 Å². The average Bonchev–Trinajstić information content (AvgIpc) is 2.15. The largest absolute Gasteiger partial charge is 0.369 e. The predicted molar refractivity (Wildman–Crippen MR) is 57.1 cm³/mol. The van der Waals surface area contributed by atoms with Crippen LogP contribution in [0.3, 0.4) is 0 Å². The third-order valence-corrected chi connectivity index (χ3v) is 2.29. The molecule has 0 spiro atoms. The zero-order valence-corrected chi connectivity index (χ0v) is 9.07. The summed E-state index contributed by atoms with van der Waals surface area (Å²) < 4.78 is 0. The second-order valence-corrected chi connectivity index (χ2v) is 4.23. The number of nitriles is 1. The number of hydrogen-bond acceptors (Lipinski definition) is 3. The smallest absolute Gasteiger partial charge is 0.103 e. The lowest BCUT2D eigenvalue weighted by atomic mass is 10.1. The molecule has 0 fully saturated rings. The van der Waals surface area contributed by atoms with Crippen LogP contribution in [0.1, 0.15) is 26.3 Å². The second kappa shape index (κ2) is 3.67. The maximum atomic E-state index is 8.92. The van der Waals surface area contributed by atoms with Crippen LogP contribution in [-0.4, -0.2) is 17.6 Å². The van der Waals surface area contributed by atoms with Gasteiger partial charge in [0.2, 0.25) is 0 Å². The highest BCUT2D eigenvalue weighted by atomic mass is 15.2.